The van der Waals surface area contributed by atoms with Crippen LogP contribution >= 0.6 is 23.4 Å². The Morgan fingerprint density at radius 3 is 3.05 bits per heavy atom. The number of aromatic nitrogens is 4. The average Bonchev–Trinajstić information content (AvgIpc) is 2.90. The second-order valence-electron chi connectivity index (χ2n) is 4.33. The van der Waals surface area contributed by atoms with Gasteiger partial charge < -0.3 is 9.88 Å². The molecule has 0 unspecified atom stereocenters. The van der Waals surface area contributed by atoms with Crippen molar-refractivity contribution in [2.24, 2.45) is 0 Å². The Labute approximate surface area is 138 Å². The van der Waals surface area contributed by atoms with Gasteiger partial charge in [0.15, 0.2) is 10.3 Å². The van der Waals surface area contributed by atoms with Gasteiger partial charge in [-0.2, -0.15) is 0 Å². The van der Waals surface area contributed by atoms with E-state index in [9.17, 15) is 4.79 Å². The SMILES string of the molecule is C=CCn1c(CC)nnc1SCC(=O)Nc1cccnc1Cl. The molecule has 0 spiro atoms. The predicted molar refractivity (Wildman–Crippen MR) is 88.2 cm³/mol. The van der Waals surface area contributed by atoms with Gasteiger partial charge in [-0.1, -0.05) is 36.4 Å². The van der Waals surface area contributed by atoms with Crippen molar-refractivity contribution >= 4 is 35.0 Å². The standard InChI is InChI=1S/C14H16ClN5OS/c1-3-8-20-11(4-2)18-19-14(20)22-9-12(21)17-10-6-5-7-16-13(10)15/h3,5-7H,1,4,8-9H2,2H3,(H,17,21). The molecule has 116 valence electrons. The van der Waals surface area contributed by atoms with E-state index in [2.05, 4.69) is 27.1 Å². The molecule has 2 heterocycles. The van der Waals surface area contributed by atoms with Crippen LogP contribution in [0.5, 0.6) is 0 Å². The Kier molecular flexibility index (Phi) is 5.97. The van der Waals surface area contributed by atoms with Crippen LogP contribution in [0, 0.1) is 0 Å². The molecule has 22 heavy (non-hydrogen) atoms. The molecule has 0 saturated carbocycles. The maximum atomic E-state index is 12.0. The Morgan fingerprint density at radius 1 is 1.55 bits per heavy atom. The number of hydrogen-bond acceptors (Lipinski definition) is 5. The molecule has 0 bridgehead atoms. The highest BCUT2D eigenvalue weighted by Gasteiger charge is 2.13. The van der Waals surface area contributed by atoms with E-state index in [1.54, 1.807) is 24.4 Å². The number of amides is 1. The number of pyridine rings is 1. The van der Waals surface area contributed by atoms with Crippen LogP contribution in [0.15, 0.2) is 36.1 Å². The quantitative estimate of drug-likeness (QED) is 0.478. The van der Waals surface area contributed by atoms with E-state index < -0.39 is 0 Å². The molecule has 0 atom stereocenters. The zero-order valence-electron chi connectivity index (χ0n) is 12.1. The van der Waals surface area contributed by atoms with Crippen molar-refractivity contribution in [3.8, 4) is 0 Å². The number of carbonyl (C=O) groups is 1. The van der Waals surface area contributed by atoms with E-state index in [4.69, 9.17) is 11.6 Å². The maximum Gasteiger partial charge on any atom is 0.234 e. The highest BCUT2D eigenvalue weighted by atomic mass is 35.5. The minimum Gasteiger partial charge on any atom is -0.323 e. The van der Waals surface area contributed by atoms with Crippen molar-refractivity contribution in [3.63, 3.8) is 0 Å². The van der Waals surface area contributed by atoms with Crippen molar-refractivity contribution in [2.75, 3.05) is 11.1 Å². The first-order valence-electron chi connectivity index (χ1n) is 6.71. The first-order chi connectivity index (χ1) is 10.7. The lowest BCUT2D eigenvalue weighted by molar-refractivity contribution is -0.113. The molecule has 0 aromatic carbocycles. The summed E-state index contributed by atoms with van der Waals surface area (Å²) >= 11 is 7.23. The molecule has 0 aliphatic carbocycles. The summed E-state index contributed by atoms with van der Waals surface area (Å²) in [6.07, 6.45) is 4.12. The molecule has 1 amide bonds. The van der Waals surface area contributed by atoms with Crippen molar-refractivity contribution in [1.82, 2.24) is 19.7 Å². The largest absolute Gasteiger partial charge is 0.323 e. The Bertz CT molecular complexity index is 673. The van der Waals surface area contributed by atoms with E-state index in [-0.39, 0.29) is 16.8 Å². The van der Waals surface area contributed by atoms with Crippen LogP contribution < -0.4 is 5.32 Å². The molecule has 0 aliphatic heterocycles. The molecule has 0 fully saturated rings. The zero-order chi connectivity index (χ0) is 15.9. The zero-order valence-corrected chi connectivity index (χ0v) is 13.7. The maximum absolute atomic E-state index is 12.0. The molecule has 0 saturated heterocycles. The number of aryl methyl sites for hydroxylation is 1. The molecular weight excluding hydrogens is 322 g/mol. The summed E-state index contributed by atoms with van der Waals surface area (Å²) in [6, 6.07) is 3.41. The summed E-state index contributed by atoms with van der Waals surface area (Å²) < 4.78 is 1.95. The fourth-order valence-corrected chi connectivity index (χ4v) is 2.73. The molecule has 2 aromatic rings. The number of thioether (sulfide) groups is 1. The van der Waals surface area contributed by atoms with Gasteiger partial charge in [0.2, 0.25) is 5.91 Å². The fourth-order valence-electron chi connectivity index (χ4n) is 1.80. The fraction of sp³-hybridized carbons (Fsp3) is 0.286. The number of rotatable bonds is 7. The third kappa shape index (κ3) is 4.08. The Morgan fingerprint density at radius 2 is 2.36 bits per heavy atom. The van der Waals surface area contributed by atoms with Crippen molar-refractivity contribution in [1.29, 1.82) is 0 Å². The summed E-state index contributed by atoms with van der Waals surface area (Å²) in [6.45, 7) is 6.36. The topological polar surface area (TPSA) is 72.7 Å². The number of nitrogens with one attached hydrogen (secondary N) is 1. The molecule has 0 radical (unpaired) electrons. The van der Waals surface area contributed by atoms with Gasteiger partial charge in [-0.25, -0.2) is 4.98 Å². The van der Waals surface area contributed by atoms with Gasteiger partial charge in [0, 0.05) is 19.2 Å². The van der Waals surface area contributed by atoms with Gasteiger partial charge in [-0.15, -0.1) is 16.8 Å². The van der Waals surface area contributed by atoms with Crippen LogP contribution in [0.25, 0.3) is 0 Å². The van der Waals surface area contributed by atoms with Gasteiger partial charge in [0.25, 0.3) is 0 Å². The smallest absolute Gasteiger partial charge is 0.234 e. The van der Waals surface area contributed by atoms with Crippen LogP contribution in [-0.2, 0) is 17.8 Å². The van der Waals surface area contributed by atoms with Gasteiger partial charge in [0.05, 0.1) is 11.4 Å². The van der Waals surface area contributed by atoms with Crippen LogP contribution in [0.2, 0.25) is 5.15 Å². The molecule has 1 N–H and O–H groups in total. The van der Waals surface area contributed by atoms with Crippen molar-refractivity contribution in [2.45, 2.75) is 25.0 Å². The monoisotopic (exact) mass is 337 g/mol. The van der Waals surface area contributed by atoms with Crippen LogP contribution in [0.1, 0.15) is 12.7 Å². The first-order valence-corrected chi connectivity index (χ1v) is 8.08. The number of nitrogens with zero attached hydrogens (tertiary/aromatic N) is 4. The van der Waals surface area contributed by atoms with E-state index in [1.807, 2.05) is 11.5 Å². The lowest BCUT2D eigenvalue weighted by Crippen LogP contribution is -2.15. The number of allylic oxidation sites excluding steroid dienone is 1. The summed E-state index contributed by atoms with van der Waals surface area (Å²) in [7, 11) is 0. The molecule has 6 nitrogen and oxygen atoms in total. The molecule has 2 aromatic heterocycles. The third-order valence-electron chi connectivity index (χ3n) is 2.79. The number of hydrogen-bond donors (Lipinski definition) is 1. The summed E-state index contributed by atoms with van der Waals surface area (Å²) in [5.41, 5.74) is 0.497. The van der Waals surface area contributed by atoms with Crippen molar-refractivity contribution in [3.05, 3.63) is 42.0 Å². The highest BCUT2D eigenvalue weighted by molar-refractivity contribution is 7.99. The van der Waals surface area contributed by atoms with Crippen LogP contribution in [0.3, 0.4) is 0 Å². The van der Waals surface area contributed by atoms with Crippen LogP contribution in [0.4, 0.5) is 5.69 Å². The molecule has 0 aliphatic rings. The predicted octanol–water partition coefficient (Wildman–Crippen LogP) is 2.81. The normalized spacial score (nSPS) is 10.5. The van der Waals surface area contributed by atoms with E-state index in [0.29, 0.717) is 17.4 Å². The van der Waals surface area contributed by atoms with Gasteiger partial charge >= 0.3 is 0 Å². The number of halogens is 1. The Hall–Kier alpha value is -1.86. The third-order valence-corrected chi connectivity index (χ3v) is 4.05. The number of carbonyl (C=O) groups excluding carboxylic acids is 1. The highest BCUT2D eigenvalue weighted by Crippen LogP contribution is 2.20. The van der Waals surface area contributed by atoms with E-state index in [0.717, 1.165) is 12.2 Å². The van der Waals surface area contributed by atoms with Crippen molar-refractivity contribution < 1.29 is 4.79 Å². The molecular formula is C14H16ClN5OS. The van der Waals surface area contributed by atoms with E-state index >= 15 is 0 Å². The minimum atomic E-state index is -0.175. The molecule has 8 heteroatoms. The van der Waals surface area contributed by atoms with E-state index in [1.165, 1.54) is 11.8 Å². The summed E-state index contributed by atoms with van der Waals surface area (Å²) in [5.74, 6) is 0.911. The van der Waals surface area contributed by atoms with Gasteiger partial charge in [-0.05, 0) is 12.1 Å². The lowest BCUT2D eigenvalue weighted by Gasteiger charge is -2.07. The number of anilines is 1. The Balaban J connectivity index is 1.98. The minimum absolute atomic E-state index is 0.175. The summed E-state index contributed by atoms with van der Waals surface area (Å²) in [4.78, 5) is 15.9. The lowest BCUT2D eigenvalue weighted by atomic mass is 10.4. The van der Waals surface area contributed by atoms with Gasteiger partial charge in [0.1, 0.15) is 5.82 Å². The van der Waals surface area contributed by atoms with Gasteiger partial charge in [-0.3, -0.25) is 4.79 Å². The summed E-state index contributed by atoms with van der Waals surface area (Å²) in [5, 5.41) is 11.9. The second-order valence-corrected chi connectivity index (χ2v) is 5.63. The first kappa shape index (κ1) is 16.5. The molecule has 2 rings (SSSR count). The van der Waals surface area contributed by atoms with Crippen LogP contribution in [-0.4, -0.2) is 31.4 Å². The average molecular weight is 338 g/mol. The second kappa shape index (κ2) is 7.95.